The first-order valence-corrected chi connectivity index (χ1v) is 5.41. The van der Waals surface area contributed by atoms with Crippen molar-refractivity contribution < 1.29 is 9.90 Å². The van der Waals surface area contributed by atoms with Crippen molar-refractivity contribution in [2.24, 2.45) is 0 Å². The summed E-state index contributed by atoms with van der Waals surface area (Å²) in [5.41, 5.74) is 1.18. The molecule has 1 aromatic rings. The van der Waals surface area contributed by atoms with Crippen molar-refractivity contribution in [2.45, 2.75) is 26.3 Å². The summed E-state index contributed by atoms with van der Waals surface area (Å²) in [7, 11) is 1.63. The highest BCUT2D eigenvalue weighted by molar-refractivity contribution is 5.97. The fourth-order valence-corrected chi connectivity index (χ4v) is 1.48. The monoisotopic (exact) mass is 232 g/mol. The summed E-state index contributed by atoms with van der Waals surface area (Å²) in [4.78, 5) is 13.6. The van der Waals surface area contributed by atoms with Gasteiger partial charge >= 0.3 is 0 Å². The minimum absolute atomic E-state index is 0.0309. The van der Waals surface area contributed by atoms with E-state index >= 15 is 0 Å². The van der Waals surface area contributed by atoms with E-state index in [2.05, 4.69) is 0 Å². The van der Waals surface area contributed by atoms with Gasteiger partial charge in [-0.05, 0) is 26.0 Å². The molecule has 90 valence electrons. The van der Waals surface area contributed by atoms with Crippen LogP contribution in [0.25, 0.3) is 0 Å². The van der Waals surface area contributed by atoms with E-state index in [0.29, 0.717) is 0 Å². The van der Waals surface area contributed by atoms with Crippen LogP contribution in [0.15, 0.2) is 18.2 Å². The number of phenols is 1. The SMILES string of the molecule is Cc1ccc(O)c(C(=O)N(C)C(C)CC#N)c1. The molecule has 1 rings (SSSR count). The van der Waals surface area contributed by atoms with Gasteiger partial charge in [-0.3, -0.25) is 4.79 Å². The Hall–Kier alpha value is -2.02. The number of hydrogen-bond donors (Lipinski definition) is 1. The smallest absolute Gasteiger partial charge is 0.257 e. The van der Waals surface area contributed by atoms with Gasteiger partial charge in [0.25, 0.3) is 5.91 Å². The highest BCUT2D eigenvalue weighted by Crippen LogP contribution is 2.20. The third-order valence-corrected chi connectivity index (χ3v) is 2.75. The first kappa shape index (κ1) is 13.0. The molecule has 0 spiro atoms. The van der Waals surface area contributed by atoms with E-state index in [9.17, 15) is 9.90 Å². The number of aryl methyl sites for hydroxylation is 1. The summed E-state index contributed by atoms with van der Waals surface area (Å²) in [6.45, 7) is 3.66. The van der Waals surface area contributed by atoms with Gasteiger partial charge in [-0.1, -0.05) is 11.6 Å². The summed E-state index contributed by atoms with van der Waals surface area (Å²) in [6.07, 6.45) is 0.273. The molecule has 0 bridgehead atoms. The number of aromatic hydroxyl groups is 1. The molecule has 0 aromatic heterocycles. The number of carbonyl (C=O) groups is 1. The van der Waals surface area contributed by atoms with Crippen LogP contribution in [0.3, 0.4) is 0 Å². The van der Waals surface area contributed by atoms with E-state index in [1.165, 1.54) is 11.0 Å². The second-order valence-electron chi connectivity index (χ2n) is 4.15. The van der Waals surface area contributed by atoms with Gasteiger partial charge in [-0.15, -0.1) is 0 Å². The maximum absolute atomic E-state index is 12.1. The molecule has 4 nitrogen and oxygen atoms in total. The van der Waals surface area contributed by atoms with E-state index in [0.717, 1.165) is 5.56 Å². The number of hydrogen-bond acceptors (Lipinski definition) is 3. The maximum Gasteiger partial charge on any atom is 0.257 e. The largest absolute Gasteiger partial charge is 0.507 e. The zero-order valence-electron chi connectivity index (χ0n) is 10.3. The second kappa shape index (κ2) is 5.35. The first-order valence-electron chi connectivity index (χ1n) is 5.41. The Morgan fingerprint density at radius 3 is 2.82 bits per heavy atom. The van der Waals surface area contributed by atoms with Crippen LogP contribution in [0.1, 0.15) is 29.3 Å². The van der Waals surface area contributed by atoms with Gasteiger partial charge in [-0.2, -0.15) is 5.26 Å². The fourth-order valence-electron chi connectivity index (χ4n) is 1.48. The minimum Gasteiger partial charge on any atom is -0.507 e. The minimum atomic E-state index is -0.269. The lowest BCUT2D eigenvalue weighted by Gasteiger charge is -2.23. The topological polar surface area (TPSA) is 64.3 Å². The Labute approximate surface area is 101 Å². The highest BCUT2D eigenvalue weighted by Gasteiger charge is 2.19. The molecule has 1 N–H and O–H groups in total. The quantitative estimate of drug-likeness (QED) is 0.867. The molecule has 0 aliphatic heterocycles. The molecule has 0 saturated heterocycles. The van der Waals surface area contributed by atoms with Crippen molar-refractivity contribution in [2.75, 3.05) is 7.05 Å². The Kier molecular flexibility index (Phi) is 4.11. The Bertz CT molecular complexity index is 463. The lowest BCUT2D eigenvalue weighted by atomic mass is 10.1. The van der Waals surface area contributed by atoms with Crippen molar-refractivity contribution in [3.63, 3.8) is 0 Å². The van der Waals surface area contributed by atoms with E-state index in [1.807, 2.05) is 13.0 Å². The third-order valence-electron chi connectivity index (χ3n) is 2.75. The molecular weight excluding hydrogens is 216 g/mol. The average Bonchev–Trinajstić information content (AvgIpc) is 2.30. The van der Waals surface area contributed by atoms with Crippen molar-refractivity contribution in [3.05, 3.63) is 29.3 Å². The van der Waals surface area contributed by atoms with E-state index in [4.69, 9.17) is 5.26 Å². The molecule has 0 heterocycles. The second-order valence-corrected chi connectivity index (χ2v) is 4.15. The van der Waals surface area contributed by atoms with Gasteiger partial charge in [0, 0.05) is 13.1 Å². The van der Waals surface area contributed by atoms with Crippen molar-refractivity contribution in [3.8, 4) is 11.8 Å². The van der Waals surface area contributed by atoms with Crippen LogP contribution in [0.5, 0.6) is 5.75 Å². The van der Waals surface area contributed by atoms with Gasteiger partial charge in [0.1, 0.15) is 5.75 Å². The zero-order chi connectivity index (χ0) is 13.0. The maximum atomic E-state index is 12.1. The van der Waals surface area contributed by atoms with Crippen LogP contribution in [0.2, 0.25) is 0 Å². The van der Waals surface area contributed by atoms with E-state index < -0.39 is 0 Å². The van der Waals surface area contributed by atoms with Crippen LogP contribution < -0.4 is 0 Å². The van der Waals surface area contributed by atoms with Gasteiger partial charge in [0.15, 0.2) is 0 Å². The Morgan fingerprint density at radius 2 is 2.24 bits per heavy atom. The Balaban J connectivity index is 2.96. The molecule has 0 aliphatic rings. The number of nitrogens with zero attached hydrogens (tertiary/aromatic N) is 2. The normalized spacial score (nSPS) is 11.6. The molecule has 1 unspecified atom stereocenters. The number of carbonyl (C=O) groups excluding carboxylic acids is 1. The predicted molar refractivity (Wildman–Crippen MR) is 64.6 cm³/mol. The van der Waals surface area contributed by atoms with Gasteiger partial charge in [0.05, 0.1) is 18.1 Å². The van der Waals surface area contributed by atoms with Crippen LogP contribution in [-0.2, 0) is 0 Å². The van der Waals surface area contributed by atoms with Crippen LogP contribution in [-0.4, -0.2) is 29.0 Å². The fraction of sp³-hybridized carbons (Fsp3) is 0.385. The predicted octanol–water partition coefficient (Wildman–Crippen LogP) is 2.07. The molecule has 4 heteroatoms. The number of rotatable bonds is 3. The molecule has 0 saturated carbocycles. The number of benzene rings is 1. The summed E-state index contributed by atoms with van der Waals surface area (Å²) < 4.78 is 0. The molecule has 0 aliphatic carbocycles. The Morgan fingerprint density at radius 1 is 1.59 bits per heavy atom. The highest BCUT2D eigenvalue weighted by atomic mass is 16.3. The van der Waals surface area contributed by atoms with Crippen LogP contribution in [0, 0.1) is 18.3 Å². The summed E-state index contributed by atoms with van der Waals surface area (Å²) in [6, 6.07) is 6.74. The number of amides is 1. The van der Waals surface area contributed by atoms with Gasteiger partial charge in [-0.25, -0.2) is 0 Å². The standard InChI is InChI=1S/C13H16N2O2/c1-9-4-5-12(16)11(8-9)13(17)15(3)10(2)6-7-14/h4-5,8,10,16H,6H2,1-3H3. The van der Waals surface area contributed by atoms with Crippen LogP contribution in [0.4, 0.5) is 0 Å². The third kappa shape index (κ3) is 2.97. The molecular formula is C13H16N2O2. The molecule has 1 amide bonds. The number of phenolic OH excluding ortho intramolecular Hbond substituents is 1. The van der Waals surface area contributed by atoms with Gasteiger partial charge in [0.2, 0.25) is 0 Å². The lowest BCUT2D eigenvalue weighted by Crippen LogP contribution is -2.34. The molecule has 1 atom stereocenters. The molecule has 0 radical (unpaired) electrons. The molecule has 17 heavy (non-hydrogen) atoms. The lowest BCUT2D eigenvalue weighted by molar-refractivity contribution is 0.0743. The van der Waals surface area contributed by atoms with E-state index in [1.54, 1.807) is 26.1 Å². The summed E-state index contributed by atoms with van der Waals surface area (Å²) >= 11 is 0. The average molecular weight is 232 g/mol. The summed E-state index contributed by atoms with van der Waals surface area (Å²) in [5, 5.41) is 18.3. The number of nitriles is 1. The van der Waals surface area contributed by atoms with Crippen molar-refractivity contribution >= 4 is 5.91 Å². The zero-order valence-corrected chi connectivity index (χ0v) is 10.3. The van der Waals surface area contributed by atoms with Crippen molar-refractivity contribution in [1.82, 2.24) is 4.90 Å². The molecule has 1 aromatic carbocycles. The van der Waals surface area contributed by atoms with Crippen LogP contribution >= 0.6 is 0 Å². The first-order chi connectivity index (χ1) is 7.97. The summed E-state index contributed by atoms with van der Waals surface area (Å²) in [5.74, 6) is -0.300. The van der Waals surface area contributed by atoms with Gasteiger partial charge < -0.3 is 10.0 Å². The molecule has 0 fully saturated rings. The van der Waals surface area contributed by atoms with E-state index in [-0.39, 0.29) is 29.7 Å². The van der Waals surface area contributed by atoms with Crippen molar-refractivity contribution in [1.29, 1.82) is 5.26 Å².